The Morgan fingerprint density at radius 3 is 2.64 bits per heavy atom. The van der Waals surface area contributed by atoms with Gasteiger partial charge in [-0.2, -0.15) is 4.72 Å². The van der Waals surface area contributed by atoms with Gasteiger partial charge in [0.25, 0.3) is 0 Å². The second-order valence-electron chi connectivity index (χ2n) is 7.75. The molecule has 0 unspecified atom stereocenters. The third-order valence-corrected chi connectivity index (χ3v) is 7.51. The maximum Gasteiger partial charge on any atom is 0.244 e. The molecule has 28 heavy (non-hydrogen) atoms. The molecular formula is C20H27N3O4S. The van der Waals surface area contributed by atoms with Crippen LogP contribution >= 0.6 is 0 Å². The molecule has 2 aliphatic heterocycles. The number of carbonyl (C=O) groups is 1. The summed E-state index contributed by atoms with van der Waals surface area (Å²) in [6, 6.07) is 4.92. The van der Waals surface area contributed by atoms with E-state index < -0.39 is 10.0 Å². The smallest absolute Gasteiger partial charge is 0.244 e. The Bertz CT molecular complexity index is 875. The highest BCUT2D eigenvalue weighted by Gasteiger charge is 2.37. The fourth-order valence-corrected chi connectivity index (χ4v) is 5.72. The Labute approximate surface area is 166 Å². The molecule has 8 heteroatoms. The number of rotatable bonds is 3. The van der Waals surface area contributed by atoms with E-state index in [1.165, 1.54) is 0 Å². The number of sulfonamides is 1. The number of allylic oxidation sites excluding steroid dienone is 2. The van der Waals surface area contributed by atoms with Gasteiger partial charge in [0.15, 0.2) is 0 Å². The second kappa shape index (κ2) is 7.75. The van der Waals surface area contributed by atoms with Gasteiger partial charge < -0.3 is 15.0 Å². The van der Waals surface area contributed by atoms with Crippen LogP contribution in [-0.4, -0.2) is 45.6 Å². The Morgan fingerprint density at radius 2 is 1.96 bits per heavy atom. The zero-order valence-corrected chi connectivity index (χ0v) is 16.9. The number of ether oxygens (including phenoxy) is 1. The van der Waals surface area contributed by atoms with Gasteiger partial charge in [0.05, 0.1) is 19.0 Å². The molecule has 0 aromatic heterocycles. The van der Waals surface area contributed by atoms with Crippen LogP contribution in [0.1, 0.15) is 32.1 Å². The molecule has 1 aliphatic carbocycles. The second-order valence-corrected chi connectivity index (χ2v) is 9.43. The molecule has 1 amide bonds. The van der Waals surface area contributed by atoms with Crippen LogP contribution in [0.15, 0.2) is 35.2 Å². The number of methoxy groups -OCH3 is 1. The molecule has 1 fully saturated rings. The van der Waals surface area contributed by atoms with E-state index >= 15 is 0 Å². The number of hydrogen-bond donors (Lipinski definition) is 2. The van der Waals surface area contributed by atoms with E-state index in [0.717, 1.165) is 32.1 Å². The first kappa shape index (κ1) is 19.3. The topological polar surface area (TPSA) is 87.7 Å². The maximum atomic E-state index is 12.7. The van der Waals surface area contributed by atoms with E-state index in [1.807, 2.05) is 4.90 Å². The minimum absolute atomic E-state index is 0.104. The fourth-order valence-electron chi connectivity index (χ4n) is 4.35. The highest BCUT2D eigenvalue weighted by molar-refractivity contribution is 7.89. The fraction of sp³-hybridized carbons (Fsp3) is 0.550. The molecule has 2 N–H and O–H groups in total. The number of fused-ring (bicyclic) bond motifs is 1. The van der Waals surface area contributed by atoms with Gasteiger partial charge in [0.1, 0.15) is 10.6 Å². The molecule has 0 bridgehead atoms. The first-order valence-electron chi connectivity index (χ1n) is 9.88. The molecule has 2 atom stereocenters. The summed E-state index contributed by atoms with van der Waals surface area (Å²) < 4.78 is 33.3. The molecular weight excluding hydrogens is 378 g/mol. The average molecular weight is 406 g/mol. The normalized spacial score (nSPS) is 27.0. The summed E-state index contributed by atoms with van der Waals surface area (Å²) in [6.07, 6.45) is 8.15. The van der Waals surface area contributed by atoms with Crippen molar-refractivity contribution < 1.29 is 17.9 Å². The Hall–Kier alpha value is -2.06. The lowest BCUT2D eigenvalue weighted by atomic mass is 9.90. The van der Waals surface area contributed by atoms with Crippen LogP contribution in [0.3, 0.4) is 0 Å². The van der Waals surface area contributed by atoms with E-state index in [4.69, 9.17) is 4.74 Å². The van der Waals surface area contributed by atoms with Gasteiger partial charge in [0, 0.05) is 25.1 Å². The summed E-state index contributed by atoms with van der Waals surface area (Å²) in [5.41, 5.74) is 0.565. The molecule has 0 spiro atoms. The number of amides is 1. The largest absolute Gasteiger partial charge is 0.497 e. The van der Waals surface area contributed by atoms with Gasteiger partial charge in [0.2, 0.25) is 15.9 Å². The molecule has 1 aromatic rings. The van der Waals surface area contributed by atoms with Gasteiger partial charge in [-0.1, -0.05) is 12.2 Å². The standard InChI is InChI=1S/C20H27N3O4S/c1-27-16-7-8-18-17(13-16)21-19(22-28(18,25)26)14-9-11-23(12-10-14)20(24)15-5-3-2-4-6-15/h2-3,7-8,13-15,19,21-22H,4-6,9-12H2,1H3/t15-,19+/m1/s1. The van der Waals surface area contributed by atoms with Crippen molar-refractivity contribution in [1.82, 2.24) is 9.62 Å². The van der Waals surface area contributed by atoms with Gasteiger partial charge in [-0.15, -0.1) is 0 Å². The van der Waals surface area contributed by atoms with Crippen LogP contribution in [0.25, 0.3) is 0 Å². The molecule has 0 saturated carbocycles. The zero-order chi connectivity index (χ0) is 19.7. The number of nitrogens with zero attached hydrogens (tertiary/aromatic N) is 1. The van der Waals surface area contributed by atoms with Crippen molar-refractivity contribution in [1.29, 1.82) is 0 Å². The number of piperidine rings is 1. The highest BCUT2D eigenvalue weighted by Crippen LogP contribution is 2.34. The van der Waals surface area contributed by atoms with Crippen LogP contribution in [0.5, 0.6) is 5.75 Å². The van der Waals surface area contributed by atoms with Gasteiger partial charge in [-0.3, -0.25) is 4.79 Å². The predicted molar refractivity (Wildman–Crippen MR) is 107 cm³/mol. The lowest BCUT2D eigenvalue weighted by molar-refractivity contribution is -0.137. The molecule has 3 aliphatic rings. The van der Waals surface area contributed by atoms with E-state index in [1.54, 1.807) is 25.3 Å². The predicted octanol–water partition coefficient (Wildman–Crippen LogP) is 2.32. The van der Waals surface area contributed by atoms with Crippen LogP contribution < -0.4 is 14.8 Å². The van der Waals surface area contributed by atoms with Crippen molar-refractivity contribution in [2.45, 2.75) is 43.2 Å². The molecule has 7 nitrogen and oxygen atoms in total. The van der Waals surface area contributed by atoms with Crippen LogP contribution in [0.2, 0.25) is 0 Å². The van der Waals surface area contributed by atoms with Crippen molar-refractivity contribution in [3.63, 3.8) is 0 Å². The van der Waals surface area contributed by atoms with Gasteiger partial charge in [-0.25, -0.2) is 8.42 Å². The summed E-state index contributed by atoms with van der Waals surface area (Å²) in [7, 11) is -2.01. The average Bonchev–Trinajstić information content (AvgIpc) is 2.73. The van der Waals surface area contributed by atoms with Gasteiger partial charge >= 0.3 is 0 Å². The van der Waals surface area contributed by atoms with Crippen molar-refractivity contribution in [2.24, 2.45) is 11.8 Å². The van der Waals surface area contributed by atoms with Crippen molar-refractivity contribution in [3.05, 3.63) is 30.4 Å². The minimum Gasteiger partial charge on any atom is -0.497 e. The van der Waals surface area contributed by atoms with Crippen molar-refractivity contribution in [3.8, 4) is 5.75 Å². The zero-order valence-electron chi connectivity index (χ0n) is 16.1. The van der Waals surface area contributed by atoms with Gasteiger partial charge in [-0.05, 0) is 50.2 Å². The lowest BCUT2D eigenvalue weighted by Crippen LogP contribution is -2.52. The maximum absolute atomic E-state index is 12.7. The number of carbonyl (C=O) groups excluding carboxylic acids is 1. The number of hydrogen-bond acceptors (Lipinski definition) is 5. The van der Waals surface area contributed by atoms with Crippen LogP contribution in [0, 0.1) is 11.8 Å². The summed E-state index contributed by atoms with van der Waals surface area (Å²) in [5, 5.41) is 3.32. The quantitative estimate of drug-likeness (QED) is 0.754. The number of likely N-dealkylation sites (tertiary alicyclic amines) is 1. The molecule has 2 heterocycles. The Kier molecular flexibility index (Phi) is 5.33. The summed E-state index contributed by atoms with van der Waals surface area (Å²) in [4.78, 5) is 14.9. The van der Waals surface area contributed by atoms with E-state index in [9.17, 15) is 13.2 Å². The Balaban J connectivity index is 1.42. The van der Waals surface area contributed by atoms with Crippen molar-refractivity contribution in [2.75, 3.05) is 25.5 Å². The van der Waals surface area contributed by atoms with Crippen LogP contribution in [-0.2, 0) is 14.8 Å². The summed E-state index contributed by atoms with van der Waals surface area (Å²) >= 11 is 0. The third-order valence-electron chi connectivity index (χ3n) is 6.01. The summed E-state index contributed by atoms with van der Waals surface area (Å²) in [5.74, 6) is 1.09. The van der Waals surface area contributed by atoms with Crippen molar-refractivity contribution >= 4 is 21.6 Å². The Morgan fingerprint density at radius 1 is 1.18 bits per heavy atom. The molecule has 4 rings (SSSR count). The molecule has 152 valence electrons. The highest BCUT2D eigenvalue weighted by atomic mass is 32.2. The van der Waals surface area contributed by atoms with E-state index in [-0.39, 0.29) is 28.8 Å². The SMILES string of the molecule is COc1ccc2c(c1)N[C@H](C1CCN(C(=O)[C@@H]3CC=CCC3)CC1)NS2(=O)=O. The van der Waals surface area contributed by atoms with E-state index in [2.05, 4.69) is 22.2 Å². The third kappa shape index (κ3) is 3.75. The minimum atomic E-state index is -3.57. The molecule has 0 radical (unpaired) electrons. The first-order chi connectivity index (χ1) is 13.5. The number of benzene rings is 1. The molecule has 1 aromatic carbocycles. The number of anilines is 1. The first-order valence-corrected chi connectivity index (χ1v) is 11.4. The number of nitrogens with one attached hydrogen (secondary N) is 2. The summed E-state index contributed by atoms with van der Waals surface area (Å²) in [6.45, 7) is 1.35. The molecule has 1 saturated heterocycles. The lowest BCUT2D eigenvalue weighted by Gasteiger charge is -2.39. The van der Waals surface area contributed by atoms with Crippen LogP contribution in [0.4, 0.5) is 5.69 Å². The monoisotopic (exact) mass is 405 g/mol. The van der Waals surface area contributed by atoms with E-state index in [0.29, 0.717) is 24.5 Å².